The molecular formula is C31H26IrN2-2. The van der Waals surface area contributed by atoms with Gasteiger partial charge in [0.25, 0.3) is 0 Å². The molecule has 2 aromatic heterocycles. The minimum Gasteiger partial charge on any atom is -0.305 e. The minimum atomic E-state index is -0.0418. The third kappa shape index (κ3) is 6.35. The van der Waals surface area contributed by atoms with Crippen LogP contribution in [0, 0.1) is 12.1 Å². The summed E-state index contributed by atoms with van der Waals surface area (Å²) in [5.74, 6) is 0. The molecule has 0 saturated heterocycles. The largest absolute Gasteiger partial charge is 0.305 e. The van der Waals surface area contributed by atoms with Crippen LogP contribution in [0.5, 0.6) is 0 Å². The van der Waals surface area contributed by atoms with Gasteiger partial charge in [-0.25, -0.2) is 0 Å². The number of benzene rings is 3. The van der Waals surface area contributed by atoms with Gasteiger partial charge in [0.1, 0.15) is 0 Å². The van der Waals surface area contributed by atoms with Crippen LogP contribution in [-0.2, 0) is 25.5 Å². The molecule has 0 amide bonds. The first-order valence-electron chi connectivity index (χ1n) is 11.0. The van der Waals surface area contributed by atoms with Gasteiger partial charge in [-0.1, -0.05) is 68.4 Å². The van der Waals surface area contributed by atoms with E-state index < -0.39 is 0 Å². The summed E-state index contributed by atoms with van der Waals surface area (Å²) in [6.45, 7) is 4.50. The van der Waals surface area contributed by atoms with Crippen molar-refractivity contribution in [3.05, 3.63) is 145 Å². The maximum Gasteiger partial charge on any atom is 0.0160 e. The molecule has 171 valence electrons. The molecule has 0 atom stereocenters. The molecule has 0 unspecified atom stereocenters. The first-order valence-corrected chi connectivity index (χ1v) is 11.0. The van der Waals surface area contributed by atoms with E-state index in [0.717, 1.165) is 22.5 Å². The summed E-state index contributed by atoms with van der Waals surface area (Å²) in [5, 5.41) is 0. The van der Waals surface area contributed by atoms with Crippen LogP contribution in [0.3, 0.4) is 0 Å². The molecule has 5 aromatic rings. The Bertz CT molecular complexity index is 1220. The van der Waals surface area contributed by atoms with E-state index in [0.29, 0.717) is 0 Å². The fraction of sp³-hybridized carbons (Fsp3) is 0.0968. The Labute approximate surface area is 216 Å². The zero-order valence-electron chi connectivity index (χ0n) is 19.3. The molecule has 0 aliphatic carbocycles. The Balaban J connectivity index is 0.000000212. The number of aromatic nitrogens is 2. The summed E-state index contributed by atoms with van der Waals surface area (Å²) >= 11 is 0. The summed E-state index contributed by atoms with van der Waals surface area (Å²) in [6.07, 6.45) is 3.61. The van der Waals surface area contributed by atoms with Gasteiger partial charge in [0.05, 0.1) is 0 Å². The molecule has 0 bridgehead atoms. The first-order chi connectivity index (χ1) is 16.1. The van der Waals surface area contributed by atoms with Gasteiger partial charge in [0.15, 0.2) is 0 Å². The van der Waals surface area contributed by atoms with E-state index in [4.69, 9.17) is 0 Å². The Morgan fingerprint density at radius 1 is 0.559 bits per heavy atom. The maximum atomic E-state index is 4.41. The quantitative estimate of drug-likeness (QED) is 0.196. The Hall–Kier alpha value is -3.39. The average Bonchev–Trinajstić information content (AvgIpc) is 2.91. The minimum absolute atomic E-state index is 0. The molecule has 5 rings (SSSR count). The van der Waals surface area contributed by atoms with E-state index in [1.165, 1.54) is 11.1 Å². The van der Waals surface area contributed by atoms with Gasteiger partial charge in [-0.05, 0) is 34.5 Å². The SMILES string of the molecule is CC(C)(c1ccccc1)c1cc[c-]c(-c2ccccn2)c1.[Ir].[c-]1ccccc1-c1ccccn1. The van der Waals surface area contributed by atoms with E-state index in [9.17, 15) is 0 Å². The average molecular weight is 619 g/mol. The van der Waals surface area contributed by atoms with Crippen molar-refractivity contribution >= 4 is 0 Å². The van der Waals surface area contributed by atoms with Gasteiger partial charge in [0, 0.05) is 32.5 Å². The number of pyridine rings is 2. The summed E-state index contributed by atoms with van der Waals surface area (Å²) in [5.41, 5.74) is 6.55. The van der Waals surface area contributed by atoms with Gasteiger partial charge in [-0.3, -0.25) is 0 Å². The Morgan fingerprint density at radius 2 is 1.15 bits per heavy atom. The van der Waals surface area contributed by atoms with Gasteiger partial charge >= 0.3 is 0 Å². The number of nitrogens with zero attached hydrogens (tertiary/aromatic N) is 2. The molecule has 34 heavy (non-hydrogen) atoms. The third-order valence-corrected chi connectivity index (χ3v) is 5.61. The van der Waals surface area contributed by atoms with Gasteiger partial charge in [0.2, 0.25) is 0 Å². The van der Waals surface area contributed by atoms with Crippen molar-refractivity contribution in [3.63, 3.8) is 0 Å². The zero-order valence-corrected chi connectivity index (χ0v) is 21.7. The second kappa shape index (κ2) is 12.2. The van der Waals surface area contributed by atoms with E-state index >= 15 is 0 Å². The van der Waals surface area contributed by atoms with Crippen molar-refractivity contribution in [2.45, 2.75) is 19.3 Å². The van der Waals surface area contributed by atoms with Crippen LogP contribution in [0.4, 0.5) is 0 Å². The predicted octanol–water partition coefficient (Wildman–Crippen LogP) is 7.42. The molecule has 0 saturated carbocycles. The van der Waals surface area contributed by atoms with Gasteiger partial charge < -0.3 is 9.97 Å². The molecule has 3 aromatic carbocycles. The summed E-state index contributed by atoms with van der Waals surface area (Å²) < 4.78 is 0. The normalized spacial score (nSPS) is 10.4. The zero-order chi connectivity index (χ0) is 22.9. The first kappa shape index (κ1) is 25.2. The van der Waals surface area contributed by atoms with Crippen molar-refractivity contribution in [1.29, 1.82) is 0 Å². The molecular weight excluding hydrogens is 593 g/mol. The molecule has 0 N–H and O–H groups in total. The number of hydrogen-bond donors (Lipinski definition) is 0. The standard InChI is InChI=1S/C20H18N.C11H8N.Ir/c1-20(2,17-10-4-3-5-11-17)18-12-8-9-16(15-18)19-13-6-7-14-21-19;1-2-6-10(7-3-1)11-8-4-5-9-12-11;/h3-8,10-15H,1-2H3;1-6,8-9H;/q2*-1;. The van der Waals surface area contributed by atoms with Gasteiger partial charge in [-0.15, -0.1) is 71.3 Å². The van der Waals surface area contributed by atoms with Crippen molar-refractivity contribution in [2.24, 2.45) is 0 Å². The van der Waals surface area contributed by atoms with Crippen LogP contribution < -0.4 is 0 Å². The smallest absolute Gasteiger partial charge is 0.0160 e. The molecule has 2 heterocycles. The molecule has 0 aliphatic rings. The summed E-state index contributed by atoms with van der Waals surface area (Å²) in [7, 11) is 0. The number of hydrogen-bond acceptors (Lipinski definition) is 2. The predicted molar refractivity (Wildman–Crippen MR) is 136 cm³/mol. The molecule has 2 nitrogen and oxygen atoms in total. The van der Waals surface area contributed by atoms with Crippen molar-refractivity contribution < 1.29 is 20.1 Å². The monoisotopic (exact) mass is 619 g/mol. The molecule has 0 fully saturated rings. The molecule has 0 spiro atoms. The summed E-state index contributed by atoms with van der Waals surface area (Å²) in [4.78, 5) is 8.63. The van der Waals surface area contributed by atoms with Crippen LogP contribution in [0.15, 0.2) is 122 Å². The van der Waals surface area contributed by atoms with Crippen LogP contribution in [0.2, 0.25) is 0 Å². The number of rotatable bonds is 4. The third-order valence-electron chi connectivity index (χ3n) is 5.61. The fourth-order valence-corrected chi connectivity index (χ4v) is 3.62. The second-order valence-electron chi connectivity index (χ2n) is 8.19. The van der Waals surface area contributed by atoms with E-state index in [1.807, 2.05) is 72.9 Å². The molecule has 1 radical (unpaired) electrons. The summed E-state index contributed by atoms with van der Waals surface area (Å²) in [6, 6.07) is 43.0. The van der Waals surface area contributed by atoms with Gasteiger partial charge in [-0.2, -0.15) is 0 Å². The second-order valence-corrected chi connectivity index (χ2v) is 8.19. The maximum absolute atomic E-state index is 4.41. The van der Waals surface area contributed by atoms with Crippen molar-refractivity contribution in [1.82, 2.24) is 9.97 Å². The fourth-order valence-electron chi connectivity index (χ4n) is 3.62. The van der Waals surface area contributed by atoms with E-state index in [1.54, 1.807) is 6.20 Å². The molecule has 3 heteroatoms. The van der Waals surface area contributed by atoms with Crippen molar-refractivity contribution in [2.75, 3.05) is 0 Å². The van der Waals surface area contributed by atoms with E-state index in [-0.39, 0.29) is 25.5 Å². The van der Waals surface area contributed by atoms with Crippen molar-refractivity contribution in [3.8, 4) is 22.5 Å². The Morgan fingerprint density at radius 3 is 1.74 bits per heavy atom. The van der Waals surface area contributed by atoms with Crippen LogP contribution in [0.25, 0.3) is 22.5 Å². The topological polar surface area (TPSA) is 25.8 Å². The molecule has 0 aliphatic heterocycles. The van der Waals surface area contributed by atoms with Crippen LogP contribution >= 0.6 is 0 Å². The Kier molecular flexibility index (Phi) is 9.04. The van der Waals surface area contributed by atoms with Crippen LogP contribution in [-0.4, -0.2) is 9.97 Å². The van der Waals surface area contributed by atoms with Crippen LogP contribution in [0.1, 0.15) is 25.0 Å². The van der Waals surface area contributed by atoms with E-state index in [2.05, 4.69) is 78.4 Å².